The average Bonchev–Trinajstić information content (AvgIpc) is 2.76. The normalized spacial score (nSPS) is 34.7. The van der Waals surface area contributed by atoms with E-state index in [0.717, 1.165) is 18.5 Å². The van der Waals surface area contributed by atoms with E-state index in [1.807, 2.05) is 0 Å². The summed E-state index contributed by atoms with van der Waals surface area (Å²) in [6.45, 7) is 9.38. The Morgan fingerprint density at radius 3 is 2.69 bits per heavy atom. The van der Waals surface area contributed by atoms with Gasteiger partial charge in [-0.25, -0.2) is 0 Å². The molecule has 16 heavy (non-hydrogen) atoms. The Bertz CT molecular complexity index is 217. The fourth-order valence-electron chi connectivity index (χ4n) is 3.78. The zero-order valence-corrected chi connectivity index (χ0v) is 11.2. The summed E-state index contributed by atoms with van der Waals surface area (Å²) in [5.74, 6) is 1.02. The lowest BCUT2D eigenvalue weighted by atomic mass is 9.90. The van der Waals surface area contributed by atoms with Crippen molar-refractivity contribution in [3.8, 4) is 0 Å². The topological polar surface area (TPSA) is 15.3 Å². The van der Waals surface area contributed by atoms with Gasteiger partial charge in [-0.2, -0.15) is 0 Å². The Balaban J connectivity index is 1.96. The first-order chi connectivity index (χ1) is 7.74. The van der Waals surface area contributed by atoms with E-state index in [9.17, 15) is 0 Å². The Morgan fingerprint density at radius 2 is 1.94 bits per heavy atom. The van der Waals surface area contributed by atoms with Crippen LogP contribution in [0.4, 0.5) is 0 Å². The molecule has 2 rings (SSSR count). The molecule has 1 aliphatic heterocycles. The molecule has 94 valence electrons. The maximum atomic E-state index is 3.58. The van der Waals surface area contributed by atoms with E-state index in [4.69, 9.17) is 0 Å². The third-order valence-electron chi connectivity index (χ3n) is 4.81. The van der Waals surface area contributed by atoms with Crippen molar-refractivity contribution < 1.29 is 0 Å². The van der Waals surface area contributed by atoms with Crippen molar-refractivity contribution in [1.82, 2.24) is 10.2 Å². The van der Waals surface area contributed by atoms with Crippen LogP contribution in [0.3, 0.4) is 0 Å². The van der Waals surface area contributed by atoms with Crippen molar-refractivity contribution in [2.75, 3.05) is 13.1 Å². The van der Waals surface area contributed by atoms with E-state index in [1.165, 1.54) is 38.6 Å². The fourth-order valence-corrected chi connectivity index (χ4v) is 3.78. The van der Waals surface area contributed by atoms with Crippen LogP contribution in [-0.4, -0.2) is 36.1 Å². The number of nitrogens with zero attached hydrogens (tertiary/aromatic N) is 1. The highest BCUT2D eigenvalue weighted by Gasteiger charge is 2.37. The molecule has 1 saturated carbocycles. The molecule has 0 aromatic heterocycles. The van der Waals surface area contributed by atoms with Crippen LogP contribution in [0.1, 0.15) is 52.9 Å². The lowest BCUT2D eigenvalue weighted by molar-refractivity contribution is 0.0602. The Kier molecular flexibility index (Phi) is 4.26. The minimum Gasteiger partial charge on any atom is -0.313 e. The maximum absolute atomic E-state index is 3.58. The van der Waals surface area contributed by atoms with Crippen molar-refractivity contribution >= 4 is 0 Å². The molecular formula is C14H28N2. The second-order valence-corrected chi connectivity index (χ2v) is 5.73. The smallest absolute Gasteiger partial charge is 0.0221 e. The summed E-state index contributed by atoms with van der Waals surface area (Å²) in [6.07, 6.45) is 7.32. The molecular weight excluding hydrogens is 196 g/mol. The molecule has 2 fully saturated rings. The van der Waals surface area contributed by atoms with Crippen LogP contribution >= 0.6 is 0 Å². The molecule has 4 atom stereocenters. The van der Waals surface area contributed by atoms with Gasteiger partial charge in [-0.3, -0.25) is 4.90 Å². The van der Waals surface area contributed by atoms with E-state index in [0.29, 0.717) is 12.1 Å². The van der Waals surface area contributed by atoms with Crippen LogP contribution in [0.15, 0.2) is 0 Å². The molecule has 2 aliphatic rings. The number of rotatable bonds is 4. The van der Waals surface area contributed by atoms with Gasteiger partial charge in [0.15, 0.2) is 0 Å². The van der Waals surface area contributed by atoms with Crippen molar-refractivity contribution in [2.24, 2.45) is 5.92 Å². The second-order valence-electron chi connectivity index (χ2n) is 5.73. The molecule has 0 aromatic carbocycles. The first-order valence-corrected chi connectivity index (χ1v) is 7.23. The number of likely N-dealkylation sites (N-methyl/N-ethyl adjacent to an activating group) is 1. The molecule has 0 spiro atoms. The van der Waals surface area contributed by atoms with E-state index in [1.54, 1.807) is 0 Å². The standard InChI is InChI=1S/C14H28N2/c1-4-15-11(2)12(3)16-10-6-8-13-7-5-9-14(13)16/h11-15H,4-10H2,1-3H3. The Hall–Kier alpha value is -0.0800. The number of fused-ring (bicyclic) bond motifs is 1. The van der Waals surface area contributed by atoms with E-state index in [-0.39, 0.29) is 0 Å². The Labute approximate surface area is 101 Å². The van der Waals surface area contributed by atoms with Crippen molar-refractivity contribution in [3.63, 3.8) is 0 Å². The van der Waals surface area contributed by atoms with Crippen LogP contribution in [-0.2, 0) is 0 Å². The molecule has 0 bridgehead atoms. The summed E-state index contributed by atoms with van der Waals surface area (Å²) >= 11 is 0. The highest BCUT2D eigenvalue weighted by Crippen LogP contribution is 2.37. The number of hydrogen-bond acceptors (Lipinski definition) is 2. The minimum absolute atomic E-state index is 0.629. The summed E-state index contributed by atoms with van der Waals surface area (Å²) < 4.78 is 0. The number of nitrogens with one attached hydrogen (secondary N) is 1. The quantitative estimate of drug-likeness (QED) is 0.790. The van der Waals surface area contributed by atoms with Crippen LogP contribution in [0.25, 0.3) is 0 Å². The van der Waals surface area contributed by atoms with Crippen LogP contribution < -0.4 is 5.32 Å². The summed E-state index contributed by atoms with van der Waals surface area (Å²) in [7, 11) is 0. The molecule has 4 unspecified atom stereocenters. The molecule has 1 saturated heterocycles. The minimum atomic E-state index is 0.629. The zero-order valence-electron chi connectivity index (χ0n) is 11.2. The van der Waals surface area contributed by atoms with Crippen LogP contribution in [0.2, 0.25) is 0 Å². The molecule has 1 heterocycles. The predicted molar refractivity (Wildman–Crippen MR) is 69.7 cm³/mol. The summed E-state index contributed by atoms with van der Waals surface area (Å²) in [5.41, 5.74) is 0. The molecule has 0 aromatic rings. The van der Waals surface area contributed by atoms with E-state index in [2.05, 4.69) is 31.0 Å². The molecule has 0 radical (unpaired) electrons. The number of piperidine rings is 1. The first kappa shape index (κ1) is 12.4. The van der Waals surface area contributed by atoms with Crippen molar-refractivity contribution in [3.05, 3.63) is 0 Å². The fraction of sp³-hybridized carbons (Fsp3) is 1.00. The van der Waals surface area contributed by atoms with Gasteiger partial charge < -0.3 is 5.32 Å². The largest absolute Gasteiger partial charge is 0.313 e. The predicted octanol–water partition coefficient (Wildman–Crippen LogP) is 2.64. The van der Waals surface area contributed by atoms with Crippen LogP contribution in [0, 0.1) is 5.92 Å². The zero-order chi connectivity index (χ0) is 11.5. The second kappa shape index (κ2) is 5.50. The van der Waals surface area contributed by atoms with E-state index < -0.39 is 0 Å². The number of hydrogen-bond donors (Lipinski definition) is 1. The van der Waals surface area contributed by atoms with Crippen molar-refractivity contribution in [2.45, 2.75) is 71.0 Å². The number of likely N-dealkylation sites (tertiary alicyclic amines) is 1. The highest BCUT2D eigenvalue weighted by molar-refractivity contribution is 4.93. The highest BCUT2D eigenvalue weighted by atomic mass is 15.2. The summed E-state index contributed by atoms with van der Waals surface area (Å²) in [6, 6.07) is 2.24. The van der Waals surface area contributed by atoms with Gasteiger partial charge in [0.1, 0.15) is 0 Å². The SMILES string of the molecule is CCNC(C)C(C)N1CCCC2CCCC21. The molecule has 1 N–H and O–H groups in total. The van der Waals surface area contributed by atoms with Gasteiger partial charge in [0.2, 0.25) is 0 Å². The molecule has 2 heteroatoms. The third-order valence-corrected chi connectivity index (χ3v) is 4.81. The van der Waals surface area contributed by atoms with Gasteiger partial charge in [-0.1, -0.05) is 13.3 Å². The molecule has 2 nitrogen and oxygen atoms in total. The Morgan fingerprint density at radius 1 is 1.19 bits per heavy atom. The van der Waals surface area contributed by atoms with Gasteiger partial charge in [-0.05, 0) is 58.5 Å². The van der Waals surface area contributed by atoms with Crippen LogP contribution in [0.5, 0.6) is 0 Å². The van der Waals surface area contributed by atoms with Gasteiger partial charge in [0.25, 0.3) is 0 Å². The third kappa shape index (κ3) is 2.43. The average molecular weight is 224 g/mol. The lowest BCUT2D eigenvalue weighted by Crippen LogP contribution is -2.54. The van der Waals surface area contributed by atoms with Gasteiger partial charge in [0.05, 0.1) is 0 Å². The first-order valence-electron chi connectivity index (χ1n) is 7.23. The van der Waals surface area contributed by atoms with Gasteiger partial charge in [0, 0.05) is 18.1 Å². The van der Waals surface area contributed by atoms with Gasteiger partial charge in [-0.15, -0.1) is 0 Å². The molecule has 1 aliphatic carbocycles. The molecule has 0 amide bonds. The van der Waals surface area contributed by atoms with Gasteiger partial charge >= 0.3 is 0 Å². The van der Waals surface area contributed by atoms with Crippen molar-refractivity contribution in [1.29, 1.82) is 0 Å². The monoisotopic (exact) mass is 224 g/mol. The lowest BCUT2D eigenvalue weighted by Gasteiger charge is -2.43. The summed E-state index contributed by atoms with van der Waals surface area (Å²) in [4.78, 5) is 2.80. The van der Waals surface area contributed by atoms with E-state index >= 15 is 0 Å². The maximum Gasteiger partial charge on any atom is 0.0221 e. The summed E-state index contributed by atoms with van der Waals surface area (Å²) in [5, 5.41) is 3.58.